The Morgan fingerprint density at radius 2 is 2.11 bits per heavy atom. The molecule has 0 spiro atoms. The monoisotopic (exact) mass is 395 g/mol. The Labute approximate surface area is 166 Å². The van der Waals surface area contributed by atoms with Crippen molar-refractivity contribution in [1.82, 2.24) is 20.4 Å². The Morgan fingerprint density at radius 1 is 1.33 bits per heavy atom. The molecule has 1 aromatic heterocycles. The Balaban J connectivity index is 1.80. The number of nitrogens with one attached hydrogen (secondary N) is 2. The van der Waals surface area contributed by atoms with Crippen molar-refractivity contribution in [2.24, 2.45) is 4.99 Å². The first kappa shape index (κ1) is 21.7. The molecule has 8 heteroatoms. The number of piperazine rings is 1. The fourth-order valence-corrected chi connectivity index (χ4v) is 3.76. The average Bonchev–Trinajstić information content (AvgIpc) is 3.21. The van der Waals surface area contributed by atoms with Crippen molar-refractivity contribution in [3.05, 3.63) is 22.4 Å². The normalized spacial score (nSPS) is 17.0. The molecule has 2 N–H and O–H groups in total. The highest BCUT2D eigenvalue weighted by Crippen LogP contribution is 2.20. The van der Waals surface area contributed by atoms with Gasteiger partial charge in [0.2, 0.25) is 5.91 Å². The van der Waals surface area contributed by atoms with E-state index in [0.29, 0.717) is 25.6 Å². The van der Waals surface area contributed by atoms with Crippen LogP contribution in [0, 0.1) is 0 Å². The summed E-state index contributed by atoms with van der Waals surface area (Å²) in [6, 6.07) is 4.27. The fraction of sp³-hybridized carbons (Fsp3) is 0.684. The van der Waals surface area contributed by atoms with E-state index in [1.807, 2.05) is 0 Å². The van der Waals surface area contributed by atoms with Gasteiger partial charge in [0.25, 0.3) is 0 Å². The number of rotatable bonds is 9. The number of ether oxygens (including phenoxy) is 1. The zero-order chi connectivity index (χ0) is 19.5. The summed E-state index contributed by atoms with van der Waals surface area (Å²) in [7, 11) is 1.63. The van der Waals surface area contributed by atoms with Gasteiger partial charge in [-0.2, -0.15) is 0 Å². The summed E-state index contributed by atoms with van der Waals surface area (Å²) in [4.78, 5) is 22.7. The van der Waals surface area contributed by atoms with Crippen LogP contribution < -0.4 is 10.6 Å². The molecule has 1 saturated heterocycles. The van der Waals surface area contributed by atoms with Gasteiger partial charge in [-0.1, -0.05) is 13.0 Å². The van der Waals surface area contributed by atoms with E-state index in [4.69, 9.17) is 9.73 Å². The summed E-state index contributed by atoms with van der Waals surface area (Å²) in [5.41, 5.74) is 0. The number of guanidine groups is 1. The highest BCUT2D eigenvalue weighted by molar-refractivity contribution is 7.10. The van der Waals surface area contributed by atoms with Crippen LogP contribution in [0.25, 0.3) is 0 Å². The average molecular weight is 396 g/mol. The molecular weight excluding hydrogens is 362 g/mol. The van der Waals surface area contributed by atoms with Crippen LogP contribution in [0.4, 0.5) is 0 Å². The first-order valence-electron chi connectivity index (χ1n) is 9.68. The molecule has 1 fully saturated rings. The molecule has 0 saturated carbocycles. The SMILES string of the molecule is CCNC(=NCC(C)c1cccs1)N1CCN(CC(=O)NCCOC)CC1. The molecule has 7 nitrogen and oxygen atoms in total. The van der Waals surface area contributed by atoms with Gasteiger partial charge in [-0.05, 0) is 18.4 Å². The van der Waals surface area contributed by atoms with Gasteiger partial charge < -0.3 is 20.3 Å². The van der Waals surface area contributed by atoms with E-state index in [0.717, 1.165) is 45.2 Å². The summed E-state index contributed by atoms with van der Waals surface area (Å²) in [5.74, 6) is 1.46. The van der Waals surface area contributed by atoms with Crippen LogP contribution in [0.3, 0.4) is 0 Å². The molecule has 2 heterocycles. The molecule has 2 rings (SSSR count). The van der Waals surface area contributed by atoms with Crippen molar-refractivity contribution in [3.63, 3.8) is 0 Å². The second kappa shape index (κ2) is 11.9. The van der Waals surface area contributed by atoms with E-state index >= 15 is 0 Å². The lowest BCUT2D eigenvalue weighted by molar-refractivity contribution is -0.122. The van der Waals surface area contributed by atoms with Gasteiger partial charge >= 0.3 is 0 Å². The third-order valence-electron chi connectivity index (χ3n) is 4.55. The first-order chi connectivity index (χ1) is 13.1. The largest absolute Gasteiger partial charge is 0.383 e. The van der Waals surface area contributed by atoms with E-state index in [9.17, 15) is 4.79 Å². The highest BCUT2D eigenvalue weighted by Gasteiger charge is 2.21. The molecule has 0 radical (unpaired) electrons. The van der Waals surface area contributed by atoms with Crippen LogP contribution in [-0.4, -0.2) is 87.7 Å². The zero-order valence-electron chi connectivity index (χ0n) is 16.7. The summed E-state index contributed by atoms with van der Waals surface area (Å²) < 4.78 is 4.95. The summed E-state index contributed by atoms with van der Waals surface area (Å²) in [5, 5.41) is 8.40. The van der Waals surface area contributed by atoms with Gasteiger partial charge in [-0.15, -0.1) is 11.3 Å². The van der Waals surface area contributed by atoms with Crippen LogP contribution in [0.2, 0.25) is 0 Å². The van der Waals surface area contributed by atoms with Crippen molar-refractivity contribution < 1.29 is 9.53 Å². The van der Waals surface area contributed by atoms with Crippen molar-refractivity contribution in [1.29, 1.82) is 0 Å². The van der Waals surface area contributed by atoms with Crippen LogP contribution in [0.5, 0.6) is 0 Å². The standard InChI is InChI=1S/C19H33N5O2S/c1-4-20-19(22-14-16(2)17-6-5-13-27-17)24-10-8-23(9-11-24)15-18(25)21-7-12-26-3/h5-6,13,16H,4,7-12,14-15H2,1-3H3,(H,20,22)(H,21,25). The number of amides is 1. The molecule has 152 valence electrons. The van der Waals surface area contributed by atoms with E-state index in [-0.39, 0.29) is 5.91 Å². The van der Waals surface area contributed by atoms with Crippen molar-refractivity contribution in [2.45, 2.75) is 19.8 Å². The molecule has 1 aliphatic heterocycles. The van der Waals surface area contributed by atoms with Crippen LogP contribution in [0.15, 0.2) is 22.5 Å². The Morgan fingerprint density at radius 3 is 2.74 bits per heavy atom. The van der Waals surface area contributed by atoms with Gasteiger partial charge in [0.1, 0.15) is 0 Å². The first-order valence-corrected chi connectivity index (χ1v) is 10.6. The molecule has 0 bridgehead atoms. The minimum atomic E-state index is 0.0610. The minimum Gasteiger partial charge on any atom is -0.383 e. The van der Waals surface area contributed by atoms with E-state index in [1.165, 1.54) is 4.88 Å². The molecule has 0 aromatic carbocycles. The lowest BCUT2D eigenvalue weighted by Crippen LogP contribution is -2.54. The lowest BCUT2D eigenvalue weighted by atomic mass is 10.1. The van der Waals surface area contributed by atoms with Gasteiger partial charge in [-0.25, -0.2) is 0 Å². The molecule has 1 aliphatic rings. The summed E-state index contributed by atoms with van der Waals surface area (Å²) >= 11 is 1.79. The number of aliphatic imine (C=N–C) groups is 1. The summed E-state index contributed by atoms with van der Waals surface area (Å²) in [6.07, 6.45) is 0. The third-order valence-corrected chi connectivity index (χ3v) is 5.65. The van der Waals surface area contributed by atoms with Crippen LogP contribution in [0.1, 0.15) is 24.6 Å². The van der Waals surface area contributed by atoms with Gasteiger partial charge in [-0.3, -0.25) is 14.7 Å². The quantitative estimate of drug-likeness (QED) is 0.374. The number of thiophene rings is 1. The molecule has 1 amide bonds. The zero-order valence-corrected chi connectivity index (χ0v) is 17.6. The maximum Gasteiger partial charge on any atom is 0.234 e. The second-order valence-electron chi connectivity index (χ2n) is 6.72. The number of carbonyl (C=O) groups is 1. The van der Waals surface area contributed by atoms with Crippen molar-refractivity contribution >= 4 is 23.2 Å². The van der Waals surface area contributed by atoms with Gasteiger partial charge in [0.05, 0.1) is 19.7 Å². The Hall–Kier alpha value is -1.64. The molecule has 27 heavy (non-hydrogen) atoms. The number of nitrogens with zero attached hydrogens (tertiary/aromatic N) is 3. The number of hydrogen-bond donors (Lipinski definition) is 2. The summed E-state index contributed by atoms with van der Waals surface area (Å²) in [6.45, 7) is 11.0. The predicted molar refractivity (Wildman–Crippen MR) is 112 cm³/mol. The maximum atomic E-state index is 11.9. The number of methoxy groups -OCH3 is 1. The van der Waals surface area contributed by atoms with Gasteiger partial charge in [0, 0.05) is 57.2 Å². The molecule has 1 aromatic rings. The Kier molecular flexibility index (Phi) is 9.58. The van der Waals surface area contributed by atoms with Crippen LogP contribution >= 0.6 is 11.3 Å². The third kappa shape index (κ3) is 7.48. The lowest BCUT2D eigenvalue weighted by Gasteiger charge is -2.36. The van der Waals surface area contributed by atoms with E-state index in [2.05, 4.69) is 51.8 Å². The molecule has 1 atom stereocenters. The number of carbonyl (C=O) groups excluding carboxylic acids is 1. The minimum absolute atomic E-state index is 0.0610. The van der Waals surface area contributed by atoms with Crippen LogP contribution in [-0.2, 0) is 9.53 Å². The maximum absolute atomic E-state index is 11.9. The van der Waals surface area contributed by atoms with Crippen molar-refractivity contribution in [3.8, 4) is 0 Å². The predicted octanol–water partition coefficient (Wildman–Crippen LogP) is 1.20. The molecule has 1 unspecified atom stereocenters. The second-order valence-corrected chi connectivity index (χ2v) is 7.70. The Bertz CT molecular complexity index is 571. The molecular formula is C19H33N5O2S. The highest BCUT2D eigenvalue weighted by atomic mass is 32.1. The van der Waals surface area contributed by atoms with E-state index < -0.39 is 0 Å². The fourth-order valence-electron chi connectivity index (χ4n) is 2.98. The smallest absolute Gasteiger partial charge is 0.234 e. The molecule has 0 aliphatic carbocycles. The van der Waals surface area contributed by atoms with E-state index in [1.54, 1.807) is 18.4 Å². The van der Waals surface area contributed by atoms with Gasteiger partial charge in [0.15, 0.2) is 5.96 Å². The topological polar surface area (TPSA) is 69.2 Å². The number of hydrogen-bond acceptors (Lipinski definition) is 5. The van der Waals surface area contributed by atoms with Crippen molar-refractivity contribution in [2.75, 3.05) is 66.1 Å².